The number of benzene rings is 1. The van der Waals surface area contributed by atoms with Crippen molar-refractivity contribution >= 4 is 16.9 Å². The second kappa shape index (κ2) is 12.5. The first-order valence-corrected chi connectivity index (χ1v) is 15.9. The van der Waals surface area contributed by atoms with E-state index in [9.17, 15) is 23.1 Å². The van der Waals surface area contributed by atoms with Crippen molar-refractivity contribution in [1.29, 1.82) is 0 Å². The first-order chi connectivity index (χ1) is 22.6. The number of aliphatic hydroxyl groups is 1. The smallest absolute Gasteiger partial charge is 0.416 e. The van der Waals surface area contributed by atoms with E-state index in [-0.39, 0.29) is 50.1 Å². The van der Waals surface area contributed by atoms with Crippen LogP contribution < -0.4 is 10.1 Å². The molecular formula is C34H37F3N6O4. The average Bonchev–Trinajstić information content (AvgIpc) is 3.49. The summed E-state index contributed by atoms with van der Waals surface area (Å²) in [6.07, 6.45) is -0.635. The van der Waals surface area contributed by atoms with Crippen LogP contribution in [0.3, 0.4) is 0 Å². The van der Waals surface area contributed by atoms with Gasteiger partial charge < -0.3 is 29.8 Å². The van der Waals surface area contributed by atoms with Crippen LogP contribution in [0.2, 0.25) is 0 Å². The summed E-state index contributed by atoms with van der Waals surface area (Å²) in [4.78, 5) is 29.5. The lowest BCUT2D eigenvalue weighted by atomic mass is 9.92. The van der Waals surface area contributed by atoms with E-state index >= 15 is 0 Å². The topological polar surface area (TPSA) is 116 Å². The van der Waals surface area contributed by atoms with Crippen molar-refractivity contribution in [3.63, 3.8) is 0 Å². The number of hydrogen-bond donors (Lipinski definition) is 3. The Bertz CT molecular complexity index is 1780. The van der Waals surface area contributed by atoms with E-state index in [2.05, 4.69) is 15.3 Å². The van der Waals surface area contributed by atoms with Gasteiger partial charge in [-0.1, -0.05) is 19.1 Å². The predicted molar refractivity (Wildman–Crippen MR) is 167 cm³/mol. The number of nitrogens with zero attached hydrogens (tertiary/aromatic N) is 4. The van der Waals surface area contributed by atoms with Crippen molar-refractivity contribution in [3.05, 3.63) is 82.4 Å². The Morgan fingerprint density at radius 1 is 1.15 bits per heavy atom. The van der Waals surface area contributed by atoms with Crippen molar-refractivity contribution < 1.29 is 32.5 Å². The molecule has 2 saturated heterocycles. The summed E-state index contributed by atoms with van der Waals surface area (Å²) in [6.45, 7) is 6.23. The molecule has 3 aliphatic heterocycles. The number of rotatable bonds is 8. The molecule has 0 aliphatic carbocycles. The van der Waals surface area contributed by atoms with Gasteiger partial charge in [0, 0.05) is 57.9 Å². The Morgan fingerprint density at radius 2 is 1.96 bits per heavy atom. The maximum Gasteiger partial charge on any atom is 0.416 e. The third-order valence-corrected chi connectivity index (χ3v) is 9.35. The molecule has 0 unspecified atom stereocenters. The number of nitrogens with one attached hydrogen (secondary N) is 2. The number of alkyl halides is 3. The lowest BCUT2D eigenvalue weighted by molar-refractivity contribution is -0.186. The van der Waals surface area contributed by atoms with E-state index in [1.807, 2.05) is 17.9 Å². The highest BCUT2D eigenvalue weighted by molar-refractivity contribution is 5.84. The Hall–Kier alpha value is -4.04. The molecule has 7 rings (SSSR count). The van der Waals surface area contributed by atoms with Gasteiger partial charge in [0.05, 0.1) is 48.2 Å². The summed E-state index contributed by atoms with van der Waals surface area (Å²) in [6, 6.07) is 9.70. The molecule has 10 nitrogen and oxygen atoms in total. The number of amides is 1. The van der Waals surface area contributed by atoms with Crippen LogP contribution in [0.15, 0.2) is 48.8 Å². The van der Waals surface area contributed by atoms with Gasteiger partial charge in [0.15, 0.2) is 5.60 Å². The molecule has 0 spiro atoms. The molecule has 1 aromatic carbocycles. The third-order valence-electron chi connectivity index (χ3n) is 9.35. The summed E-state index contributed by atoms with van der Waals surface area (Å²) in [5.74, 6) is 0.745. The van der Waals surface area contributed by atoms with Crippen LogP contribution in [0, 0.1) is 0 Å². The highest BCUT2D eigenvalue weighted by Crippen LogP contribution is 2.38. The van der Waals surface area contributed by atoms with Gasteiger partial charge in [-0.2, -0.15) is 13.2 Å². The highest BCUT2D eigenvalue weighted by Gasteiger charge is 2.40. The molecule has 1 amide bonds. The van der Waals surface area contributed by atoms with Gasteiger partial charge in [-0.3, -0.25) is 14.7 Å². The second-order valence-electron chi connectivity index (χ2n) is 12.7. The summed E-state index contributed by atoms with van der Waals surface area (Å²) in [7, 11) is 0. The van der Waals surface area contributed by atoms with Crippen molar-refractivity contribution in [2.45, 2.75) is 50.6 Å². The summed E-state index contributed by atoms with van der Waals surface area (Å²) in [5.41, 5.74) is 1.68. The number of hydrogen-bond acceptors (Lipinski definition) is 8. The molecule has 0 bridgehead atoms. The van der Waals surface area contributed by atoms with Crippen LogP contribution in [0.4, 0.5) is 13.2 Å². The molecule has 2 fully saturated rings. The fourth-order valence-corrected chi connectivity index (χ4v) is 6.64. The van der Waals surface area contributed by atoms with E-state index in [0.717, 1.165) is 36.8 Å². The minimum absolute atomic E-state index is 0.0193. The largest absolute Gasteiger partial charge is 0.455 e. The van der Waals surface area contributed by atoms with Gasteiger partial charge in [0.25, 0.3) is 0 Å². The van der Waals surface area contributed by atoms with Gasteiger partial charge in [-0.15, -0.1) is 0 Å². The SMILES string of the molecule is CC[C@@H]1CN(C(=O)Cc2ccc(CN3CCNCC3)c(C(F)(F)F)c2)Cc2cc(Oc3ccnc4[nH]c(C5(O)COC5)cc34)cnc21. The molecule has 47 heavy (non-hydrogen) atoms. The fraction of sp³-hybridized carbons (Fsp3) is 0.441. The normalized spacial score (nSPS) is 19.8. The number of aromatic amines is 1. The fourth-order valence-electron chi connectivity index (χ4n) is 6.64. The van der Waals surface area contributed by atoms with Gasteiger partial charge in [-0.05, 0) is 47.4 Å². The Morgan fingerprint density at radius 3 is 2.68 bits per heavy atom. The maximum atomic E-state index is 14.1. The van der Waals surface area contributed by atoms with Crippen molar-refractivity contribution in [2.24, 2.45) is 0 Å². The number of carbonyl (C=O) groups excluding carboxylic acids is 1. The van der Waals surface area contributed by atoms with E-state index in [0.29, 0.717) is 53.4 Å². The second-order valence-corrected chi connectivity index (χ2v) is 12.7. The summed E-state index contributed by atoms with van der Waals surface area (Å²) >= 11 is 0. The first kappa shape index (κ1) is 31.6. The molecule has 3 N–H and O–H groups in total. The van der Waals surface area contributed by atoms with Crippen molar-refractivity contribution in [3.8, 4) is 11.5 Å². The maximum absolute atomic E-state index is 14.1. The number of piperazine rings is 1. The van der Waals surface area contributed by atoms with E-state index < -0.39 is 17.3 Å². The number of pyridine rings is 2. The zero-order valence-corrected chi connectivity index (χ0v) is 26.1. The Labute approximate surface area is 269 Å². The monoisotopic (exact) mass is 650 g/mol. The zero-order valence-electron chi connectivity index (χ0n) is 26.1. The number of carbonyl (C=O) groups is 1. The third kappa shape index (κ3) is 6.45. The van der Waals surface area contributed by atoms with Crippen LogP contribution in [-0.4, -0.2) is 81.7 Å². The van der Waals surface area contributed by atoms with Crippen LogP contribution >= 0.6 is 0 Å². The molecule has 0 radical (unpaired) electrons. The van der Waals surface area contributed by atoms with Gasteiger partial charge >= 0.3 is 6.18 Å². The van der Waals surface area contributed by atoms with Crippen LogP contribution in [0.25, 0.3) is 11.0 Å². The number of fused-ring (bicyclic) bond motifs is 2. The number of halogens is 3. The lowest BCUT2D eigenvalue weighted by Crippen LogP contribution is -2.46. The van der Waals surface area contributed by atoms with Crippen LogP contribution in [0.5, 0.6) is 11.5 Å². The van der Waals surface area contributed by atoms with Crippen molar-refractivity contribution in [2.75, 3.05) is 45.9 Å². The van der Waals surface area contributed by atoms with E-state index in [1.54, 1.807) is 35.5 Å². The predicted octanol–water partition coefficient (Wildman–Crippen LogP) is 4.47. The minimum atomic E-state index is -4.52. The lowest BCUT2D eigenvalue weighted by Gasteiger charge is -2.35. The van der Waals surface area contributed by atoms with E-state index in [1.165, 1.54) is 6.07 Å². The standard InChI is InChI=1S/C34H37F3N6O4/c1-2-22-17-43(30(44)12-21-3-4-23(27(11-21)34(35,36)37)16-42-9-7-38-8-10-42)18-24-13-25(15-40-31(22)24)47-28-5-6-39-32-26(28)14-29(41-32)33(45)19-46-20-33/h3-6,11,13-15,22,38,45H,2,7-10,12,16-20H2,1H3,(H,39,41)/t22-/m1/s1. The summed E-state index contributed by atoms with van der Waals surface area (Å²) in [5, 5.41) is 14.6. The molecule has 13 heteroatoms. The molecule has 0 saturated carbocycles. The first-order valence-electron chi connectivity index (χ1n) is 15.9. The number of aromatic nitrogens is 3. The molecule has 248 valence electrons. The Kier molecular flexibility index (Phi) is 8.41. The van der Waals surface area contributed by atoms with Gasteiger partial charge in [0.1, 0.15) is 17.1 Å². The van der Waals surface area contributed by atoms with Gasteiger partial charge in [-0.25, -0.2) is 4.98 Å². The van der Waals surface area contributed by atoms with Gasteiger partial charge in [0.2, 0.25) is 5.91 Å². The molecular weight excluding hydrogens is 613 g/mol. The molecule has 3 aromatic heterocycles. The number of H-pyrrole nitrogens is 1. The summed E-state index contributed by atoms with van der Waals surface area (Å²) < 4.78 is 53.8. The molecule has 3 aliphatic rings. The van der Waals surface area contributed by atoms with Crippen LogP contribution in [0.1, 0.15) is 52.9 Å². The molecule has 1 atom stereocenters. The van der Waals surface area contributed by atoms with E-state index in [4.69, 9.17) is 14.5 Å². The van der Waals surface area contributed by atoms with Crippen LogP contribution in [-0.2, 0) is 40.8 Å². The molecule has 6 heterocycles. The van der Waals surface area contributed by atoms with Crippen molar-refractivity contribution in [1.82, 2.24) is 30.1 Å². The quantitative estimate of drug-likeness (QED) is 0.256. The average molecular weight is 651 g/mol. The zero-order chi connectivity index (χ0) is 32.8. The minimum Gasteiger partial charge on any atom is -0.455 e. The highest BCUT2D eigenvalue weighted by atomic mass is 19.4. The number of ether oxygens (including phenoxy) is 2. The Balaban J connectivity index is 1.09. The molecule has 4 aromatic rings.